The fourth-order valence-electron chi connectivity index (χ4n) is 0.781. The van der Waals surface area contributed by atoms with E-state index in [1.165, 1.54) is 0 Å². The summed E-state index contributed by atoms with van der Waals surface area (Å²) in [5, 5.41) is 8.72. The summed E-state index contributed by atoms with van der Waals surface area (Å²) in [4.78, 5) is 0. The van der Waals surface area contributed by atoms with Gasteiger partial charge in [-0.1, -0.05) is 0 Å². The third-order valence-corrected chi connectivity index (χ3v) is 2.12. The van der Waals surface area contributed by atoms with Gasteiger partial charge in [0.1, 0.15) is 11.6 Å². The maximum atomic E-state index is 12.7. The molecule has 0 saturated heterocycles. The Kier molecular flexibility index (Phi) is 2.51. The summed E-state index contributed by atoms with van der Waals surface area (Å²) in [6.45, 7) is 0. The smallest absolute Gasteiger partial charge is 0.417 e. The monoisotopic (exact) mass is 258 g/mol. The van der Waals surface area contributed by atoms with Crippen LogP contribution in [0.4, 0.5) is 17.6 Å². The van der Waals surface area contributed by atoms with E-state index in [0.29, 0.717) is 12.1 Å². The van der Waals surface area contributed by atoms with E-state index in [4.69, 9.17) is 5.11 Å². The lowest BCUT2D eigenvalue weighted by Crippen LogP contribution is -2.06. The normalized spacial score (nSPS) is 11.8. The fourth-order valence-corrected chi connectivity index (χ4v) is 1.23. The van der Waals surface area contributed by atoms with Gasteiger partial charge in [0.25, 0.3) is 0 Å². The number of alkyl halides is 3. The van der Waals surface area contributed by atoms with Gasteiger partial charge in [-0.15, -0.1) is 0 Å². The molecule has 13 heavy (non-hydrogen) atoms. The molecule has 0 radical (unpaired) electrons. The third kappa shape index (κ3) is 2.12. The molecule has 0 saturated carbocycles. The van der Waals surface area contributed by atoms with Crippen molar-refractivity contribution in [2.75, 3.05) is 0 Å². The van der Waals surface area contributed by atoms with Crippen molar-refractivity contribution in [1.82, 2.24) is 0 Å². The zero-order valence-corrected chi connectivity index (χ0v) is 7.58. The lowest BCUT2D eigenvalue weighted by molar-refractivity contribution is -0.138. The standard InChI is InChI=1S/C7H3BrF4O/c8-6-4(7(10,11)12)1-3(13)2-5(6)9/h1-2,13H. The highest BCUT2D eigenvalue weighted by Gasteiger charge is 2.34. The van der Waals surface area contributed by atoms with Crippen LogP contribution in [0, 0.1) is 5.82 Å². The number of rotatable bonds is 0. The fraction of sp³-hybridized carbons (Fsp3) is 0.143. The predicted octanol–water partition coefficient (Wildman–Crippen LogP) is 3.31. The molecule has 0 aromatic heterocycles. The first kappa shape index (κ1) is 10.3. The molecular formula is C7H3BrF4O. The lowest BCUT2D eigenvalue weighted by atomic mass is 10.2. The van der Waals surface area contributed by atoms with Crippen LogP contribution in [0.15, 0.2) is 16.6 Å². The molecule has 0 unspecified atom stereocenters. The molecule has 0 amide bonds. The van der Waals surface area contributed by atoms with E-state index < -0.39 is 27.8 Å². The van der Waals surface area contributed by atoms with E-state index in [1.807, 2.05) is 0 Å². The summed E-state index contributed by atoms with van der Waals surface area (Å²) in [6, 6.07) is 1.05. The van der Waals surface area contributed by atoms with Gasteiger partial charge < -0.3 is 5.11 Å². The summed E-state index contributed by atoms with van der Waals surface area (Å²) >= 11 is 2.44. The summed E-state index contributed by atoms with van der Waals surface area (Å²) in [6.07, 6.45) is -4.68. The van der Waals surface area contributed by atoms with Crippen molar-refractivity contribution in [2.24, 2.45) is 0 Å². The van der Waals surface area contributed by atoms with Crippen LogP contribution in [0.3, 0.4) is 0 Å². The van der Waals surface area contributed by atoms with Gasteiger partial charge in [-0.25, -0.2) is 4.39 Å². The lowest BCUT2D eigenvalue weighted by Gasteiger charge is -2.09. The molecule has 1 rings (SSSR count). The third-order valence-electron chi connectivity index (χ3n) is 1.32. The minimum absolute atomic E-state index is 0.452. The summed E-state index contributed by atoms with van der Waals surface area (Å²) in [5.74, 6) is -1.90. The minimum atomic E-state index is -4.68. The van der Waals surface area contributed by atoms with E-state index in [0.717, 1.165) is 0 Å². The SMILES string of the molecule is Oc1cc(F)c(Br)c(C(F)(F)F)c1. The number of benzene rings is 1. The number of hydrogen-bond donors (Lipinski definition) is 1. The van der Waals surface area contributed by atoms with Gasteiger partial charge in [0.05, 0.1) is 10.0 Å². The van der Waals surface area contributed by atoms with Gasteiger partial charge in [-0.3, -0.25) is 0 Å². The Morgan fingerprint density at radius 3 is 2.23 bits per heavy atom. The van der Waals surface area contributed by atoms with Gasteiger partial charge in [-0.05, 0) is 22.0 Å². The highest BCUT2D eigenvalue weighted by atomic mass is 79.9. The van der Waals surface area contributed by atoms with Crippen LogP contribution in [-0.4, -0.2) is 5.11 Å². The van der Waals surface area contributed by atoms with Gasteiger partial charge in [0.15, 0.2) is 0 Å². The molecule has 0 aliphatic heterocycles. The van der Waals surface area contributed by atoms with Gasteiger partial charge >= 0.3 is 6.18 Å². The van der Waals surface area contributed by atoms with E-state index in [9.17, 15) is 17.6 Å². The van der Waals surface area contributed by atoms with E-state index in [2.05, 4.69) is 15.9 Å². The van der Waals surface area contributed by atoms with Crippen molar-refractivity contribution in [3.05, 3.63) is 28.0 Å². The van der Waals surface area contributed by atoms with Gasteiger partial charge in [0, 0.05) is 6.07 Å². The van der Waals surface area contributed by atoms with E-state index in [-0.39, 0.29) is 0 Å². The molecular weight excluding hydrogens is 256 g/mol. The number of phenols is 1. The second-order valence-electron chi connectivity index (χ2n) is 2.29. The topological polar surface area (TPSA) is 20.2 Å². The number of hydrogen-bond acceptors (Lipinski definition) is 1. The van der Waals surface area contributed by atoms with Crippen molar-refractivity contribution in [3.63, 3.8) is 0 Å². The Bertz CT molecular complexity index is 334. The molecule has 1 aromatic rings. The van der Waals surface area contributed by atoms with Gasteiger partial charge in [0.2, 0.25) is 0 Å². The number of aromatic hydroxyl groups is 1. The van der Waals surface area contributed by atoms with Gasteiger partial charge in [-0.2, -0.15) is 13.2 Å². The van der Waals surface area contributed by atoms with Crippen molar-refractivity contribution in [3.8, 4) is 5.75 Å². The van der Waals surface area contributed by atoms with Crippen LogP contribution < -0.4 is 0 Å². The molecule has 0 spiro atoms. The predicted molar refractivity (Wildman–Crippen MR) is 40.8 cm³/mol. The minimum Gasteiger partial charge on any atom is -0.508 e. The van der Waals surface area contributed by atoms with Crippen molar-refractivity contribution < 1.29 is 22.7 Å². The summed E-state index contributed by atoms with van der Waals surface area (Å²) < 4.78 is 48.3. The highest BCUT2D eigenvalue weighted by Crippen LogP contribution is 2.38. The Morgan fingerprint density at radius 1 is 1.23 bits per heavy atom. The molecule has 0 heterocycles. The summed E-state index contributed by atoms with van der Waals surface area (Å²) in [5.41, 5.74) is -1.23. The zero-order valence-electron chi connectivity index (χ0n) is 5.99. The maximum Gasteiger partial charge on any atom is 0.417 e. The van der Waals surface area contributed by atoms with Crippen LogP contribution in [-0.2, 0) is 6.18 Å². The van der Waals surface area contributed by atoms with Crippen molar-refractivity contribution >= 4 is 15.9 Å². The van der Waals surface area contributed by atoms with Crippen LogP contribution in [0.25, 0.3) is 0 Å². The van der Waals surface area contributed by atoms with Crippen LogP contribution >= 0.6 is 15.9 Å². The molecule has 1 aromatic carbocycles. The quantitative estimate of drug-likeness (QED) is 0.708. The van der Waals surface area contributed by atoms with Crippen LogP contribution in [0.1, 0.15) is 5.56 Å². The Hall–Kier alpha value is -0.780. The van der Waals surface area contributed by atoms with Crippen LogP contribution in [0.2, 0.25) is 0 Å². The maximum absolute atomic E-state index is 12.7. The largest absolute Gasteiger partial charge is 0.508 e. The Morgan fingerprint density at radius 2 is 1.77 bits per heavy atom. The second kappa shape index (κ2) is 3.17. The van der Waals surface area contributed by atoms with Crippen LogP contribution in [0.5, 0.6) is 5.75 Å². The molecule has 1 N–H and O–H groups in total. The Labute approximate surface area is 79.1 Å². The first-order valence-electron chi connectivity index (χ1n) is 3.07. The number of halogens is 5. The zero-order chi connectivity index (χ0) is 10.2. The number of phenolic OH excluding ortho intramolecular Hbond substituents is 1. The summed E-state index contributed by atoms with van der Waals surface area (Å²) in [7, 11) is 0. The first-order valence-corrected chi connectivity index (χ1v) is 3.87. The molecule has 0 fully saturated rings. The average molecular weight is 259 g/mol. The molecule has 0 bridgehead atoms. The highest BCUT2D eigenvalue weighted by molar-refractivity contribution is 9.10. The van der Waals surface area contributed by atoms with E-state index >= 15 is 0 Å². The first-order chi connectivity index (χ1) is 5.82. The van der Waals surface area contributed by atoms with E-state index in [1.54, 1.807) is 0 Å². The second-order valence-corrected chi connectivity index (χ2v) is 3.08. The molecule has 0 aliphatic rings. The van der Waals surface area contributed by atoms with Crippen molar-refractivity contribution in [2.45, 2.75) is 6.18 Å². The Balaban J connectivity index is 3.37. The van der Waals surface area contributed by atoms with Crippen molar-refractivity contribution in [1.29, 1.82) is 0 Å². The molecule has 1 nitrogen and oxygen atoms in total. The average Bonchev–Trinajstić information content (AvgIpc) is 1.94. The molecule has 0 atom stereocenters. The molecule has 72 valence electrons. The molecule has 6 heteroatoms. The molecule has 0 aliphatic carbocycles.